The van der Waals surface area contributed by atoms with Crippen molar-refractivity contribution < 1.29 is 4.79 Å². The van der Waals surface area contributed by atoms with Crippen molar-refractivity contribution >= 4 is 5.91 Å². The van der Waals surface area contributed by atoms with Gasteiger partial charge in [-0.2, -0.15) is 0 Å². The highest BCUT2D eigenvalue weighted by molar-refractivity contribution is 5.82. The van der Waals surface area contributed by atoms with E-state index < -0.39 is 0 Å². The highest BCUT2D eigenvalue weighted by Crippen LogP contribution is 2.17. The number of carbonyl (C=O) groups excluding carboxylic acids is 1. The van der Waals surface area contributed by atoms with Crippen molar-refractivity contribution in [2.45, 2.75) is 18.9 Å². The van der Waals surface area contributed by atoms with Crippen LogP contribution in [-0.4, -0.2) is 73.5 Å². The SMILES string of the molecule is CN1CCN(C(=O)[C@@H]2CCCN2C)CC1. The average Bonchev–Trinajstić information content (AvgIpc) is 2.65. The first-order valence-electron chi connectivity index (χ1n) is 5.86. The maximum Gasteiger partial charge on any atom is 0.240 e. The molecule has 0 aliphatic carbocycles. The second-order valence-electron chi connectivity index (χ2n) is 4.77. The van der Waals surface area contributed by atoms with E-state index in [-0.39, 0.29) is 6.04 Å². The van der Waals surface area contributed by atoms with Gasteiger partial charge in [0.15, 0.2) is 0 Å². The Kier molecular flexibility index (Phi) is 3.26. The zero-order chi connectivity index (χ0) is 10.8. The summed E-state index contributed by atoms with van der Waals surface area (Å²) in [7, 11) is 4.18. The molecular formula is C11H21N3O. The topological polar surface area (TPSA) is 26.8 Å². The van der Waals surface area contributed by atoms with Crippen LogP contribution < -0.4 is 0 Å². The molecule has 15 heavy (non-hydrogen) atoms. The minimum atomic E-state index is 0.161. The zero-order valence-electron chi connectivity index (χ0n) is 9.78. The Morgan fingerprint density at radius 2 is 1.73 bits per heavy atom. The lowest BCUT2D eigenvalue weighted by molar-refractivity contribution is -0.137. The lowest BCUT2D eigenvalue weighted by Crippen LogP contribution is -2.52. The molecule has 0 spiro atoms. The van der Waals surface area contributed by atoms with E-state index in [1.54, 1.807) is 0 Å². The van der Waals surface area contributed by atoms with Crippen LogP contribution in [0.4, 0.5) is 0 Å². The number of likely N-dealkylation sites (N-methyl/N-ethyl adjacent to an activating group) is 2. The van der Waals surface area contributed by atoms with Crippen molar-refractivity contribution in [3.63, 3.8) is 0 Å². The highest BCUT2D eigenvalue weighted by Gasteiger charge is 2.32. The largest absolute Gasteiger partial charge is 0.339 e. The van der Waals surface area contributed by atoms with E-state index in [0.717, 1.165) is 39.1 Å². The lowest BCUT2D eigenvalue weighted by Gasteiger charge is -2.35. The van der Waals surface area contributed by atoms with Gasteiger partial charge in [-0.05, 0) is 33.5 Å². The molecule has 0 aromatic heterocycles. The number of amides is 1. The van der Waals surface area contributed by atoms with Crippen molar-refractivity contribution in [2.24, 2.45) is 0 Å². The summed E-state index contributed by atoms with van der Waals surface area (Å²) in [5.74, 6) is 0.350. The third kappa shape index (κ3) is 2.32. The van der Waals surface area contributed by atoms with Gasteiger partial charge in [0, 0.05) is 26.2 Å². The van der Waals surface area contributed by atoms with Crippen LogP contribution in [0, 0.1) is 0 Å². The molecule has 0 N–H and O–H groups in total. The quantitative estimate of drug-likeness (QED) is 0.604. The number of piperazine rings is 1. The standard InChI is InChI=1S/C11H21N3O/c1-12-6-8-14(9-7-12)11(15)10-4-3-5-13(10)2/h10H,3-9H2,1-2H3/t10-/m0/s1. The summed E-state index contributed by atoms with van der Waals surface area (Å²) in [6.07, 6.45) is 2.21. The molecule has 2 saturated heterocycles. The molecule has 0 bridgehead atoms. The summed E-state index contributed by atoms with van der Waals surface area (Å²) < 4.78 is 0. The van der Waals surface area contributed by atoms with Gasteiger partial charge in [-0.25, -0.2) is 0 Å². The van der Waals surface area contributed by atoms with Crippen molar-refractivity contribution in [3.8, 4) is 0 Å². The number of likely N-dealkylation sites (tertiary alicyclic amines) is 1. The van der Waals surface area contributed by atoms with E-state index >= 15 is 0 Å². The van der Waals surface area contributed by atoms with E-state index in [0.29, 0.717) is 5.91 Å². The Labute approximate surface area is 91.8 Å². The van der Waals surface area contributed by atoms with Crippen LogP contribution in [0.3, 0.4) is 0 Å². The second-order valence-corrected chi connectivity index (χ2v) is 4.77. The predicted molar refractivity (Wildman–Crippen MR) is 59.7 cm³/mol. The molecular weight excluding hydrogens is 190 g/mol. The van der Waals surface area contributed by atoms with E-state index in [1.165, 1.54) is 6.42 Å². The molecule has 2 aliphatic rings. The van der Waals surface area contributed by atoms with Gasteiger partial charge in [0.1, 0.15) is 0 Å². The third-order valence-electron chi connectivity index (χ3n) is 3.62. The first-order chi connectivity index (χ1) is 7.18. The molecule has 4 heteroatoms. The Bertz CT molecular complexity index is 236. The van der Waals surface area contributed by atoms with Crippen LogP contribution in [0.2, 0.25) is 0 Å². The number of carbonyl (C=O) groups is 1. The van der Waals surface area contributed by atoms with Crippen LogP contribution in [0.5, 0.6) is 0 Å². The molecule has 0 radical (unpaired) electrons. The zero-order valence-corrected chi connectivity index (χ0v) is 9.78. The molecule has 86 valence electrons. The number of nitrogens with zero attached hydrogens (tertiary/aromatic N) is 3. The molecule has 1 amide bonds. The van der Waals surface area contributed by atoms with Gasteiger partial charge in [-0.3, -0.25) is 9.69 Å². The summed E-state index contributed by atoms with van der Waals surface area (Å²) in [5, 5.41) is 0. The first kappa shape index (κ1) is 10.9. The van der Waals surface area contributed by atoms with E-state index in [2.05, 4.69) is 23.9 Å². The van der Waals surface area contributed by atoms with Gasteiger partial charge < -0.3 is 9.80 Å². The minimum absolute atomic E-state index is 0.161. The maximum atomic E-state index is 12.2. The van der Waals surface area contributed by atoms with E-state index in [1.807, 2.05) is 4.90 Å². The van der Waals surface area contributed by atoms with Gasteiger partial charge in [0.25, 0.3) is 0 Å². The van der Waals surface area contributed by atoms with Gasteiger partial charge >= 0.3 is 0 Å². The highest BCUT2D eigenvalue weighted by atomic mass is 16.2. The van der Waals surface area contributed by atoms with Crippen molar-refractivity contribution in [1.82, 2.24) is 14.7 Å². The molecule has 2 fully saturated rings. The van der Waals surface area contributed by atoms with E-state index in [9.17, 15) is 4.79 Å². The van der Waals surface area contributed by atoms with Crippen LogP contribution >= 0.6 is 0 Å². The molecule has 2 heterocycles. The molecule has 4 nitrogen and oxygen atoms in total. The Morgan fingerprint density at radius 3 is 2.27 bits per heavy atom. The number of hydrogen-bond acceptors (Lipinski definition) is 3. The molecule has 1 atom stereocenters. The molecule has 0 unspecified atom stereocenters. The normalized spacial score (nSPS) is 29.7. The second kappa shape index (κ2) is 4.49. The molecule has 0 aromatic carbocycles. The van der Waals surface area contributed by atoms with Crippen LogP contribution in [0.25, 0.3) is 0 Å². The fraction of sp³-hybridized carbons (Fsp3) is 0.909. The summed E-state index contributed by atoms with van der Waals surface area (Å²) in [5.41, 5.74) is 0. The van der Waals surface area contributed by atoms with Gasteiger partial charge in [-0.15, -0.1) is 0 Å². The molecule has 0 aromatic rings. The summed E-state index contributed by atoms with van der Waals surface area (Å²) in [6.45, 7) is 4.91. The smallest absolute Gasteiger partial charge is 0.240 e. The lowest BCUT2D eigenvalue weighted by atomic mass is 10.2. The first-order valence-corrected chi connectivity index (χ1v) is 5.86. The molecule has 2 aliphatic heterocycles. The van der Waals surface area contributed by atoms with Crippen molar-refractivity contribution in [1.29, 1.82) is 0 Å². The summed E-state index contributed by atoms with van der Waals surface area (Å²) in [4.78, 5) is 18.7. The molecule has 0 saturated carbocycles. The fourth-order valence-corrected chi connectivity index (χ4v) is 2.46. The third-order valence-corrected chi connectivity index (χ3v) is 3.62. The van der Waals surface area contributed by atoms with Crippen molar-refractivity contribution in [2.75, 3.05) is 46.8 Å². The number of hydrogen-bond donors (Lipinski definition) is 0. The fourth-order valence-electron chi connectivity index (χ4n) is 2.46. The summed E-state index contributed by atoms with van der Waals surface area (Å²) in [6, 6.07) is 0.161. The predicted octanol–water partition coefficient (Wildman–Crippen LogP) is -0.145. The Balaban J connectivity index is 1.90. The van der Waals surface area contributed by atoms with Gasteiger partial charge in [-0.1, -0.05) is 0 Å². The van der Waals surface area contributed by atoms with Gasteiger partial charge in [0.2, 0.25) is 5.91 Å². The minimum Gasteiger partial charge on any atom is -0.339 e. The summed E-state index contributed by atoms with van der Waals surface area (Å²) >= 11 is 0. The Hall–Kier alpha value is -0.610. The van der Waals surface area contributed by atoms with E-state index in [4.69, 9.17) is 0 Å². The van der Waals surface area contributed by atoms with Gasteiger partial charge in [0.05, 0.1) is 6.04 Å². The number of rotatable bonds is 1. The monoisotopic (exact) mass is 211 g/mol. The average molecular weight is 211 g/mol. The van der Waals surface area contributed by atoms with Crippen molar-refractivity contribution in [3.05, 3.63) is 0 Å². The van der Waals surface area contributed by atoms with Crippen LogP contribution in [-0.2, 0) is 4.79 Å². The molecule has 2 rings (SSSR count). The maximum absolute atomic E-state index is 12.2. The van der Waals surface area contributed by atoms with Crippen LogP contribution in [0.1, 0.15) is 12.8 Å². The Morgan fingerprint density at radius 1 is 1.07 bits per heavy atom. The van der Waals surface area contributed by atoms with Crippen LogP contribution in [0.15, 0.2) is 0 Å².